The molecule has 16 heavy (non-hydrogen) atoms. The van der Waals surface area contributed by atoms with Crippen molar-refractivity contribution in [2.24, 2.45) is 11.7 Å². The summed E-state index contributed by atoms with van der Waals surface area (Å²) >= 11 is 0. The van der Waals surface area contributed by atoms with Gasteiger partial charge in [-0.3, -0.25) is 0 Å². The first-order valence-electron chi connectivity index (χ1n) is 6.52. The van der Waals surface area contributed by atoms with Gasteiger partial charge in [-0.05, 0) is 37.8 Å². The monoisotopic (exact) mass is 219 g/mol. The summed E-state index contributed by atoms with van der Waals surface area (Å²) in [7, 11) is 0. The van der Waals surface area contributed by atoms with Gasteiger partial charge in [-0.2, -0.15) is 0 Å². The molecule has 1 unspecified atom stereocenters. The predicted octanol–water partition coefficient (Wildman–Crippen LogP) is 3.69. The van der Waals surface area contributed by atoms with Gasteiger partial charge >= 0.3 is 0 Å². The van der Waals surface area contributed by atoms with E-state index in [2.05, 4.69) is 38.1 Å². The Morgan fingerprint density at radius 2 is 2.06 bits per heavy atom. The van der Waals surface area contributed by atoms with E-state index in [1.807, 2.05) is 0 Å². The number of nitrogens with two attached hydrogens (primary N) is 1. The van der Waals surface area contributed by atoms with Gasteiger partial charge in [0.1, 0.15) is 0 Å². The first kappa shape index (κ1) is 13.2. The van der Waals surface area contributed by atoms with Gasteiger partial charge in [0.05, 0.1) is 0 Å². The topological polar surface area (TPSA) is 26.0 Å². The van der Waals surface area contributed by atoms with Crippen LogP contribution in [-0.4, -0.2) is 6.54 Å². The molecule has 0 saturated carbocycles. The molecule has 0 heterocycles. The largest absolute Gasteiger partial charge is 0.330 e. The van der Waals surface area contributed by atoms with Crippen molar-refractivity contribution in [2.75, 3.05) is 6.54 Å². The highest BCUT2D eigenvalue weighted by Crippen LogP contribution is 2.15. The standard InChI is InChI=1S/C15H25N/c1-3-4-5-8-15(12-16)11-14-9-6-7-13(2)10-14/h6-7,9-10,15H,3-5,8,11-12,16H2,1-2H3. The molecule has 0 aliphatic carbocycles. The molecule has 0 bridgehead atoms. The predicted molar refractivity (Wildman–Crippen MR) is 71.6 cm³/mol. The summed E-state index contributed by atoms with van der Waals surface area (Å²) in [6.07, 6.45) is 6.37. The Morgan fingerprint density at radius 1 is 1.25 bits per heavy atom. The van der Waals surface area contributed by atoms with E-state index in [0.717, 1.165) is 13.0 Å². The zero-order valence-electron chi connectivity index (χ0n) is 10.7. The lowest BCUT2D eigenvalue weighted by Crippen LogP contribution is -2.16. The molecule has 1 rings (SSSR count). The first-order chi connectivity index (χ1) is 7.76. The Kier molecular flexibility index (Phi) is 6.17. The van der Waals surface area contributed by atoms with Crippen LogP contribution in [0.4, 0.5) is 0 Å². The molecule has 2 N–H and O–H groups in total. The summed E-state index contributed by atoms with van der Waals surface area (Å²) in [6, 6.07) is 8.79. The van der Waals surface area contributed by atoms with Gasteiger partial charge in [-0.15, -0.1) is 0 Å². The zero-order chi connectivity index (χ0) is 11.8. The van der Waals surface area contributed by atoms with Crippen LogP contribution in [0.3, 0.4) is 0 Å². The molecule has 1 atom stereocenters. The molecule has 0 aliphatic heterocycles. The van der Waals surface area contributed by atoms with Crippen LogP contribution in [0, 0.1) is 12.8 Å². The molecular weight excluding hydrogens is 194 g/mol. The number of hydrogen-bond donors (Lipinski definition) is 1. The highest BCUT2D eigenvalue weighted by Gasteiger charge is 2.07. The molecule has 1 aromatic rings. The van der Waals surface area contributed by atoms with Gasteiger partial charge in [0, 0.05) is 0 Å². The van der Waals surface area contributed by atoms with Crippen LogP contribution in [0.15, 0.2) is 24.3 Å². The van der Waals surface area contributed by atoms with Crippen LogP contribution < -0.4 is 5.73 Å². The lowest BCUT2D eigenvalue weighted by atomic mass is 9.93. The molecule has 1 nitrogen and oxygen atoms in total. The van der Waals surface area contributed by atoms with Crippen LogP contribution in [0.5, 0.6) is 0 Å². The minimum absolute atomic E-state index is 0.661. The van der Waals surface area contributed by atoms with E-state index in [-0.39, 0.29) is 0 Å². The molecule has 1 heteroatoms. The van der Waals surface area contributed by atoms with Gasteiger partial charge in [0.25, 0.3) is 0 Å². The van der Waals surface area contributed by atoms with Crippen molar-refractivity contribution in [1.29, 1.82) is 0 Å². The van der Waals surface area contributed by atoms with E-state index in [4.69, 9.17) is 5.73 Å². The van der Waals surface area contributed by atoms with Crippen molar-refractivity contribution in [2.45, 2.75) is 46.0 Å². The molecule has 1 aromatic carbocycles. The van der Waals surface area contributed by atoms with Crippen molar-refractivity contribution in [1.82, 2.24) is 0 Å². The number of unbranched alkanes of at least 4 members (excludes halogenated alkanes) is 2. The normalized spacial score (nSPS) is 12.7. The van der Waals surface area contributed by atoms with Crippen LogP contribution in [0.1, 0.15) is 43.7 Å². The van der Waals surface area contributed by atoms with E-state index < -0.39 is 0 Å². The van der Waals surface area contributed by atoms with Gasteiger partial charge in [0.15, 0.2) is 0 Å². The minimum Gasteiger partial charge on any atom is -0.330 e. The summed E-state index contributed by atoms with van der Waals surface area (Å²) in [4.78, 5) is 0. The molecule has 0 aliphatic rings. The second-order valence-electron chi connectivity index (χ2n) is 4.79. The Morgan fingerprint density at radius 3 is 2.69 bits per heavy atom. The molecule has 0 aromatic heterocycles. The van der Waals surface area contributed by atoms with E-state index in [1.165, 1.54) is 36.8 Å². The number of rotatable bonds is 7. The van der Waals surface area contributed by atoms with Crippen molar-refractivity contribution >= 4 is 0 Å². The van der Waals surface area contributed by atoms with Gasteiger partial charge in [0.2, 0.25) is 0 Å². The summed E-state index contributed by atoms with van der Waals surface area (Å²) in [5.74, 6) is 0.661. The van der Waals surface area contributed by atoms with Gasteiger partial charge in [-0.1, -0.05) is 56.0 Å². The van der Waals surface area contributed by atoms with Crippen molar-refractivity contribution in [3.8, 4) is 0 Å². The highest BCUT2D eigenvalue weighted by atomic mass is 14.5. The molecule has 0 spiro atoms. The Balaban J connectivity index is 2.43. The highest BCUT2D eigenvalue weighted by molar-refractivity contribution is 5.22. The number of aryl methyl sites for hydroxylation is 1. The van der Waals surface area contributed by atoms with Crippen molar-refractivity contribution < 1.29 is 0 Å². The molecule has 0 fully saturated rings. The SMILES string of the molecule is CCCCCC(CN)Cc1cccc(C)c1. The third-order valence-corrected chi connectivity index (χ3v) is 3.16. The van der Waals surface area contributed by atoms with E-state index in [0.29, 0.717) is 5.92 Å². The Hall–Kier alpha value is -0.820. The van der Waals surface area contributed by atoms with Crippen LogP contribution in [0.2, 0.25) is 0 Å². The van der Waals surface area contributed by atoms with Crippen LogP contribution >= 0.6 is 0 Å². The summed E-state index contributed by atoms with van der Waals surface area (Å²) < 4.78 is 0. The maximum atomic E-state index is 5.84. The zero-order valence-corrected chi connectivity index (χ0v) is 10.7. The molecule has 0 amide bonds. The van der Waals surface area contributed by atoms with Crippen LogP contribution in [0.25, 0.3) is 0 Å². The maximum Gasteiger partial charge on any atom is -0.00457 e. The summed E-state index contributed by atoms with van der Waals surface area (Å²) in [6.45, 7) is 5.22. The van der Waals surface area contributed by atoms with E-state index >= 15 is 0 Å². The Labute approximate surface area is 100 Å². The lowest BCUT2D eigenvalue weighted by molar-refractivity contribution is 0.464. The molecule has 0 saturated heterocycles. The average molecular weight is 219 g/mol. The van der Waals surface area contributed by atoms with Crippen molar-refractivity contribution in [3.05, 3.63) is 35.4 Å². The molecule has 90 valence electrons. The first-order valence-corrected chi connectivity index (χ1v) is 6.52. The second-order valence-corrected chi connectivity index (χ2v) is 4.79. The van der Waals surface area contributed by atoms with Crippen LogP contribution in [-0.2, 0) is 6.42 Å². The fraction of sp³-hybridized carbons (Fsp3) is 0.600. The lowest BCUT2D eigenvalue weighted by Gasteiger charge is -2.14. The van der Waals surface area contributed by atoms with E-state index in [9.17, 15) is 0 Å². The Bertz CT molecular complexity index is 293. The number of hydrogen-bond acceptors (Lipinski definition) is 1. The summed E-state index contributed by atoms with van der Waals surface area (Å²) in [5, 5.41) is 0. The second kappa shape index (κ2) is 7.45. The smallest absolute Gasteiger partial charge is 0.00457 e. The fourth-order valence-electron chi connectivity index (χ4n) is 2.16. The third kappa shape index (κ3) is 4.80. The molecule has 0 radical (unpaired) electrons. The maximum absolute atomic E-state index is 5.84. The molecular formula is C15H25N. The minimum atomic E-state index is 0.661. The van der Waals surface area contributed by atoms with Gasteiger partial charge < -0.3 is 5.73 Å². The fourth-order valence-corrected chi connectivity index (χ4v) is 2.16. The third-order valence-electron chi connectivity index (χ3n) is 3.16. The van der Waals surface area contributed by atoms with Gasteiger partial charge in [-0.25, -0.2) is 0 Å². The summed E-state index contributed by atoms with van der Waals surface area (Å²) in [5.41, 5.74) is 8.63. The van der Waals surface area contributed by atoms with E-state index in [1.54, 1.807) is 0 Å². The average Bonchev–Trinajstić information content (AvgIpc) is 2.28. The quantitative estimate of drug-likeness (QED) is 0.695. The van der Waals surface area contributed by atoms with Crippen molar-refractivity contribution in [3.63, 3.8) is 0 Å². The number of benzene rings is 1.